The first-order chi connectivity index (χ1) is 13.6. The molecule has 2 heterocycles. The second-order valence-electron chi connectivity index (χ2n) is 6.52. The molecule has 8 heteroatoms. The van der Waals surface area contributed by atoms with Gasteiger partial charge in [-0.15, -0.1) is 10.2 Å². The number of likely N-dealkylation sites (N-methyl/N-ethyl adjacent to an activating group) is 1. The molecule has 0 radical (unpaired) electrons. The van der Waals surface area contributed by atoms with Gasteiger partial charge in [-0.3, -0.25) is 10.1 Å². The molecule has 0 aliphatic carbocycles. The molecule has 2 aromatic carbocycles. The van der Waals surface area contributed by atoms with E-state index in [2.05, 4.69) is 20.8 Å². The van der Waals surface area contributed by atoms with E-state index in [0.29, 0.717) is 23.7 Å². The number of fused-ring (bicyclic) bond motifs is 1. The third kappa shape index (κ3) is 3.72. The van der Waals surface area contributed by atoms with Gasteiger partial charge in [0.15, 0.2) is 0 Å². The lowest BCUT2D eigenvalue weighted by Gasteiger charge is -2.21. The summed E-state index contributed by atoms with van der Waals surface area (Å²) in [5.74, 6) is -0.0301. The van der Waals surface area contributed by atoms with E-state index < -0.39 is 0 Å². The fourth-order valence-corrected chi connectivity index (χ4v) is 4.02. The summed E-state index contributed by atoms with van der Waals surface area (Å²) in [6.45, 7) is 0.320. The van der Waals surface area contributed by atoms with Gasteiger partial charge in [0.05, 0.1) is 6.04 Å². The molecule has 1 aromatic heterocycles. The maximum Gasteiger partial charge on any atom is 0.321 e. The minimum absolute atomic E-state index is 0.0301. The van der Waals surface area contributed by atoms with E-state index in [4.69, 9.17) is 0 Å². The van der Waals surface area contributed by atoms with E-state index in [-0.39, 0.29) is 18.0 Å². The standard InChI is InChI=1S/C20H19N5O2S/c1-25-16(14-9-5-6-10-15(14)18(25)26)12-21-19(27)22-20-24-23-17(28-20)11-13-7-3-2-4-8-13/h2-10,16H,11-12H2,1H3,(H2,21,22,24,27). The van der Waals surface area contributed by atoms with Gasteiger partial charge in [0.2, 0.25) is 5.13 Å². The van der Waals surface area contributed by atoms with Crippen molar-refractivity contribution in [1.82, 2.24) is 20.4 Å². The number of amides is 3. The minimum Gasteiger partial charge on any atom is -0.335 e. The van der Waals surface area contributed by atoms with Crippen LogP contribution in [0.5, 0.6) is 0 Å². The fraction of sp³-hybridized carbons (Fsp3) is 0.200. The fourth-order valence-electron chi connectivity index (χ4n) is 3.25. The van der Waals surface area contributed by atoms with Crippen molar-refractivity contribution < 1.29 is 9.59 Å². The molecule has 1 unspecified atom stereocenters. The third-order valence-corrected chi connectivity index (χ3v) is 5.52. The highest BCUT2D eigenvalue weighted by Gasteiger charge is 2.33. The normalized spacial score (nSPS) is 15.4. The number of benzene rings is 2. The summed E-state index contributed by atoms with van der Waals surface area (Å²) in [5.41, 5.74) is 2.76. The molecule has 4 rings (SSSR count). The molecular formula is C20H19N5O2S. The van der Waals surface area contributed by atoms with Crippen LogP contribution in [0.25, 0.3) is 0 Å². The molecule has 142 valence electrons. The molecule has 3 amide bonds. The van der Waals surface area contributed by atoms with Crippen molar-refractivity contribution >= 4 is 28.4 Å². The van der Waals surface area contributed by atoms with Gasteiger partial charge >= 0.3 is 6.03 Å². The van der Waals surface area contributed by atoms with Crippen LogP contribution in [0.1, 0.15) is 32.5 Å². The Kier molecular flexibility index (Phi) is 5.03. The highest BCUT2D eigenvalue weighted by atomic mass is 32.1. The summed E-state index contributed by atoms with van der Waals surface area (Å²) in [5, 5.41) is 15.0. The lowest BCUT2D eigenvalue weighted by Crippen LogP contribution is -2.36. The van der Waals surface area contributed by atoms with Gasteiger partial charge in [-0.1, -0.05) is 59.9 Å². The Labute approximate surface area is 166 Å². The van der Waals surface area contributed by atoms with Crippen molar-refractivity contribution in [3.05, 3.63) is 76.3 Å². The molecular weight excluding hydrogens is 374 g/mol. The Morgan fingerprint density at radius 1 is 1.11 bits per heavy atom. The van der Waals surface area contributed by atoms with Gasteiger partial charge < -0.3 is 10.2 Å². The van der Waals surface area contributed by atoms with E-state index in [0.717, 1.165) is 16.1 Å². The average molecular weight is 393 g/mol. The average Bonchev–Trinajstić information content (AvgIpc) is 3.24. The summed E-state index contributed by atoms with van der Waals surface area (Å²) < 4.78 is 0. The summed E-state index contributed by atoms with van der Waals surface area (Å²) in [6, 6.07) is 16.9. The number of carbonyl (C=O) groups excluding carboxylic acids is 2. The van der Waals surface area contributed by atoms with Crippen LogP contribution >= 0.6 is 11.3 Å². The molecule has 1 atom stereocenters. The molecule has 28 heavy (non-hydrogen) atoms. The first-order valence-electron chi connectivity index (χ1n) is 8.89. The van der Waals surface area contributed by atoms with Crippen LogP contribution in [-0.4, -0.2) is 40.6 Å². The van der Waals surface area contributed by atoms with Gasteiger partial charge in [-0.25, -0.2) is 4.79 Å². The van der Waals surface area contributed by atoms with Crippen molar-refractivity contribution in [2.45, 2.75) is 12.5 Å². The SMILES string of the molecule is CN1C(=O)c2ccccc2C1CNC(=O)Nc1nnc(Cc2ccccc2)s1. The first-order valence-corrected chi connectivity index (χ1v) is 9.70. The molecule has 1 aliphatic rings. The second-order valence-corrected chi connectivity index (χ2v) is 7.58. The van der Waals surface area contributed by atoms with E-state index in [1.54, 1.807) is 11.9 Å². The molecule has 3 aromatic rings. The smallest absolute Gasteiger partial charge is 0.321 e. The van der Waals surface area contributed by atoms with Crippen molar-refractivity contribution in [3.63, 3.8) is 0 Å². The summed E-state index contributed by atoms with van der Waals surface area (Å²) >= 11 is 1.34. The number of hydrogen-bond donors (Lipinski definition) is 2. The Hall–Kier alpha value is -3.26. The van der Waals surface area contributed by atoms with Gasteiger partial charge in [-0.05, 0) is 17.2 Å². The van der Waals surface area contributed by atoms with E-state index >= 15 is 0 Å². The van der Waals surface area contributed by atoms with Crippen LogP contribution < -0.4 is 10.6 Å². The molecule has 0 saturated heterocycles. The van der Waals surface area contributed by atoms with Crippen LogP contribution in [-0.2, 0) is 6.42 Å². The zero-order valence-corrected chi connectivity index (χ0v) is 16.1. The molecule has 0 fully saturated rings. The molecule has 2 N–H and O–H groups in total. The monoisotopic (exact) mass is 393 g/mol. The van der Waals surface area contributed by atoms with Gasteiger partial charge in [0, 0.05) is 25.6 Å². The van der Waals surface area contributed by atoms with Gasteiger partial charge in [0.1, 0.15) is 5.01 Å². The molecule has 0 spiro atoms. The molecule has 0 saturated carbocycles. The minimum atomic E-state index is -0.368. The number of nitrogens with one attached hydrogen (secondary N) is 2. The van der Waals surface area contributed by atoms with Gasteiger partial charge in [-0.2, -0.15) is 0 Å². The van der Waals surface area contributed by atoms with Gasteiger partial charge in [0.25, 0.3) is 5.91 Å². The number of hydrogen-bond acceptors (Lipinski definition) is 5. The summed E-state index contributed by atoms with van der Waals surface area (Å²) in [7, 11) is 1.74. The topological polar surface area (TPSA) is 87.2 Å². The van der Waals surface area contributed by atoms with Crippen molar-refractivity contribution in [2.75, 3.05) is 18.9 Å². The van der Waals surface area contributed by atoms with Crippen LogP contribution in [0.15, 0.2) is 54.6 Å². The Morgan fingerprint density at radius 3 is 2.68 bits per heavy atom. The Bertz CT molecular complexity index is 1000. The number of anilines is 1. The number of nitrogens with zero attached hydrogens (tertiary/aromatic N) is 3. The number of aromatic nitrogens is 2. The third-order valence-electron chi connectivity index (χ3n) is 4.68. The largest absolute Gasteiger partial charge is 0.335 e. The first kappa shape index (κ1) is 18.1. The van der Waals surface area contributed by atoms with Crippen molar-refractivity contribution in [2.24, 2.45) is 0 Å². The summed E-state index contributed by atoms with van der Waals surface area (Å²) in [4.78, 5) is 26.2. The van der Waals surface area contributed by atoms with E-state index in [9.17, 15) is 9.59 Å². The van der Waals surface area contributed by atoms with E-state index in [1.807, 2.05) is 54.6 Å². The van der Waals surface area contributed by atoms with E-state index in [1.165, 1.54) is 11.3 Å². The predicted molar refractivity (Wildman–Crippen MR) is 107 cm³/mol. The maximum atomic E-state index is 12.3. The number of urea groups is 1. The molecule has 1 aliphatic heterocycles. The lowest BCUT2D eigenvalue weighted by molar-refractivity contribution is 0.0774. The maximum absolute atomic E-state index is 12.3. The zero-order chi connectivity index (χ0) is 19.5. The Morgan fingerprint density at radius 2 is 1.86 bits per heavy atom. The second kappa shape index (κ2) is 7.77. The van der Waals surface area contributed by atoms with Crippen LogP contribution in [0.4, 0.5) is 9.93 Å². The number of rotatable bonds is 5. The van der Waals surface area contributed by atoms with Crippen LogP contribution in [0.2, 0.25) is 0 Å². The number of carbonyl (C=O) groups is 2. The van der Waals surface area contributed by atoms with Crippen LogP contribution in [0.3, 0.4) is 0 Å². The summed E-state index contributed by atoms with van der Waals surface area (Å²) in [6.07, 6.45) is 0.674. The molecule has 0 bridgehead atoms. The molecule has 7 nitrogen and oxygen atoms in total. The van der Waals surface area contributed by atoms with Crippen molar-refractivity contribution in [1.29, 1.82) is 0 Å². The lowest BCUT2D eigenvalue weighted by atomic mass is 10.1. The van der Waals surface area contributed by atoms with Crippen LogP contribution in [0, 0.1) is 0 Å². The quantitative estimate of drug-likeness (QED) is 0.697. The highest BCUT2D eigenvalue weighted by molar-refractivity contribution is 7.15. The predicted octanol–water partition coefficient (Wildman–Crippen LogP) is 3.08. The van der Waals surface area contributed by atoms with Crippen molar-refractivity contribution in [3.8, 4) is 0 Å². The Balaban J connectivity index is 1.34. The zero-order valence-electron chi connectivity index (χ0n) is 15.3. The highest BCUT2D eigenvalue weighted by Crippen LogP contribution is 2.31.